The lowest BCUT2D eigenvalue weighted by atomic mass is 9.98. The predicted octanol–water partition coefficient (Wildman–Crippen LogP) is 5.12. The number of piperidine rings is 1. The molecule has 0 bridgehead atoms. The monoisotopic (exact) mass is 474 g/mol. The number of para-hydroxylation sites is 1. The van der Waals surface area contributed by atoms with Crippen molar-refractivity contribution in [2.24, 2.45) is 0 Å². The maximum atomic E-state index is 13.4. The van der Waals surface area contributed by atoms with Gasteiger partial charge >= 0.3 is 0 Å². The molecule has 174 valence electrons. The van der Waals surface area contributed by atoms with Gasteiger partial charge in [0.1, 0.15) is 21.4 Å². The molecular formula is C26H26N4O3S. The molecular weight excluding hydrogens is 448 g/mol. The lowest BCUT2D eigenvalue weighted by molar-refractivity contribution is 0.0702. The fourth-order valence-corrected chi connectivity index (χ4v) is 5.37. The molecule has 0 spiro atoms. The average molecular weight is 475 g/mol. The van der Waals surface area contributed by atoms with Gasteiger partial charge in [0.15, 0.2) is 5.89 Å². The van der Waals surface area contributed by atoms with Crippen LogP contribution in [-0.4, -0.2) is 46.0 Å². The second-order valence-corrected chi connectivity index (χ2v) is 9.42. The molecule has 1 amide bonds. The number of rotatable bonds is 6. The Bertz CT molecular complexity index is 1280. The van der Waals surface area contributed by atoms with E-state index in [1.807, 2.05) is 48.2 Å². The number of pyridine rings is 1. The third-order valence-electron chi connectivity index (χ3n) is 6.09. The van der Waals surface area contributed by atoms with E-state index in [2.05, 4.69) is 15.0 Å². The first-order valence-electron chi connectivity index (χ1n) is 11.4. The summed E-state index contributed by atoms with van der Waals surface area (Å²) in [6.45, 7) is 3.21. The summed E-state index contributed by atoms with van der Waals surface area (Å²) < 4.78 is 11.6. The van der Waals surface area contributed by atoms with Crippen LogP contribution in [0.25, 0.3) is 10.6 Å². The molecule has 4 heterocycles. The van der Waals surface area contributed by atoms with Crippen LogP contribution in [0.4, 0.5) is 0 Å². The van der Waals surface area contributed by atoms with Gasteiger partial charge in [0, 0.05) is 43.0 Å². The van der Waals surface area contributed by atoms with Gasteiger partial charge in [0.05, 0.1) is 24.9 Å². The number of aryl methyl sites for hydroxylation is 1. The van der Waals surface area contributed by atoms with Crippen LogP contribution in [0.2, 0.25) is 0 Å². The molecule has 1 aliphatic heterocycles. The lowest BCUT2D eigenvalue weighted by Crippen LogP contribution is -2.39. The number of carbonyl (C=O) groups is 1. The smallest absolute Gasteiger partial charge is 0.265 e. The first kappa shape index (κ1) is 22.3. The number of likely N-dealkylation sites (tertiary alicyclic amines) is 1. The molecule has 0 radical (unpaired) electrons. The summed E-state index contributed by atoms with van der Waals surface area (Å²) in [7, 11) is 1.67. The van der Waals surface area contributed by atoms with Gasteiger partial charge in [-0.1, -0.05) is 18.2 Å². The number of thiazole rings is 1. The second-order valence-electron chi connectivity index (χ2n) is 8.42. The number of benzene rings is 1. The van der Waals surface area contributed by atoms with Crippen LogP contribution >= 0.6 is 11.3 Å². The Morgan fingerprint density at radius 3 is 2.94 bits per heavy atom. The zero-order valence-electron chi connectivity index (χ0n) is 19.2. The molecule has 0 aliphatic carbocycles. The molecule has 1 saturated heterocycles. The van der Waals surface area contributed by atoms with Crippen LogP contribution in [0.3, 0.4) is 0 Å². The van der Waals surface area contributed by atoms with Crippen LogP contribution < -0.4 is 4.74 Å². The number of ether oxygens (including phenoxy) is 1. The third kappa shape index (κ3) is 4.59. The standard InChI is InChI=1S/C26H26N4O3S/c1-17-23(34-25(29-17)19-8-5-11-27-14-19)26(31)30-12-6-9-20(16-30)24-28-15-21(33-24)13-18-7-3-4-10-22(18)32-2/h3-5,7-8,10-11,14-15,20H,6,9,12-13,16H2,1-2H3/t20-/m0/s1. The number of carbonyl (C=O) groups excluding carboxylic acids is 1. The van der Waals surface area contributed by atoms with E-state index in [-0.39, 0.29) is 11.8 Å². The van der Waals surface area contributed by atoms with Crippen molar-refractivity contribution in [3.63, 3.8) is 0 Å². The normalized spacial score (nSPS) is 15.9. The quantitative estimate of drug-likeness (QED) is 0.386. The minimum atomic E-state index is 0.0237. The maximum absolute atomic E-state index is 13.4. The largest absolute Gasteiger partial charge is 0.496 e. The van der Waals surface area contributed by atoms with Gasteiger partial charge in [0.25, 0.3) is 5.91 Å². The Kier molecular flexibility index (Phi) is 6.40. The highest BCUT2D eigenvalue weighted by molar-refractivity contribution is 7.17. The van der Waals surface area contributed by atoms with E-state index in [0.29, 0.717) is 23.7 Å². The van der Waals surface area contributed by atoms with Crippen molar-refractivity contribution >= 4 is 17.2 Å². The van der Waals surface area contributed by atoms with Crippen LogP contribution in [0, 0.1) is 6.92 Å². The minimum absolute atomic E-state index is 0.0237. The fraction of sp³-hybridized carbons (Fsp3) is 0.308. The van der Waals surface area contributed by atoms with Gasteiger partial charge in [-0.2, -0.15) is 0 Å². The van der Waals surface area contributed by atoms with E-state index in [0.717, 1.165) is 52.7 Å². The lowest BCUT2D eigenvalue weighted by Gasteiger charge is -2.31. The summed E-state index contributed by atoms with van der Waals surface area (Å²) in [4.78, 5) is 29.3. The highest BCUT2D eigenvalue weighted by Crippen LogP contribution is 2.32. The molecule has 4 aromatic rings. The molecule has 8 heteroatoms. The number of methoxy groups -OCH3 is 1. The molecule has 0 saturated carbocycles. The van der Waals surface area contributed by atoms with Crippen molar-refractivity contribution < 1.29 is 13.9 Å². The van der Waals surface area contributed by atoms with Crippen molar-refractivity contribution in [3.8, 4) is 16.3 Å². The highest BCUT2D eigenvalue weighted by Gasteiger charge is 2.30. The number of nitrogens with zero attached hydrogens (tertiary/aromatic N) is 4. The number of amides is 1. The molecule has 34 heavy (non-hydrogen) atoms. The SMILES string of the molecule is COc1ccccc1Cc1cnc([C@H]2CCCN(C(=O)c3sc(-c4cccnc4)nc3C)C2)o1. The van der Waals surface area contributed by atoms with Crippen LogP contribution in [0.1, 0.15) is 51.3 Å². The van der Waals surface area contributed by atoms with Gasteiger partial charge in [-0.15, -0.1) is 11.3 Å². The Morgan fingerprint density at radius 2 is 2.12 bits per heavy atom. The van der Waals surface area contributed by atoms with E-state index < -0.39 is 0 Å². The zero-order valence-corrected chi connectivity index (χ0v) is 20.0. The number of hydrogen-bond acceptors (Lipinski definition) is 7. The molecule has 1 atom stereocenters. The van der Waals surface area contributed by atoms with Gasteiger partial charge in [-0.25, -0.2) is 9.97 Å². The molecule has 1 aliphatic rings. The first-order chi connectivity index (χ1) is 16.6. The Balaban J connectivity index is 1.29. The Morgan fingerprint density at radius 1 is 1.24 bits per heavy atom. The summed E-state index contributed by atoms with van der Waals surface area (Å²) in [5.74, 6) is 2.42. The van der Waals surface area contributed by atoms with Crippen LogP contribution in [0.5, 0.6) is 5.75 Å². The topological polar surface area (TPSA) is 81.4 Å². The number of oxazole rings is 1. The summed E-state index contributed by atoms with van der Waals surface area (Å²) in [5, 5.41) is 0.816. The fourth-order valence-electron chi connectivity index (χ4n) is 4.34. The number of aromatic nitrogens is 3. The van der Waals surface area contributed by atoms with Gasteiger partial charge in [-0.3, -0.25) is 9.78 Å². The van der Waals surface area contributed by atoms with E-state index in [1.165, 1.54) is 11.3 Å². The zero-order chi connectivity index (χ0) is 23.5. The van der Waals surface area contributed by atoms with E-state index >= 15 is 0 Å². The van der Waals surface area contributed by atoms with Gasteiger partial charge in [0.2, 0.25) is 0 Å². The summed E-state index contributed by atoms with van der Waals surface area (Å²) >= 11 is 1.43. The molecule has 7 nitrogen and oxygen atoms in total. The molecule has 3 aromatic heterocycles. The maximum Gasteiger partial charge on any atom is 0.265 e. The second kappa shape index (κ2) is 9.77. The van der Waals surface area contributed by atoms with Crippen molar-refractivity contribution in [2.45, 2.75) is 32.1 Å². The van der Waals surface area contributed by atoms with Gasteiger partial charge < -0.3 is 14.1 Å². The van der Waals surface area contributed by atoms with E-state index in [1.54, 1.807) is 25.7 Å². The summed E-state index contributed by atoms with van der Waals surface area (Å²) in [6.07, 6.45) is 7.76. The molecule has 5 rings (SSSR count). The van der Waals surface area contributed by atoms with Crippen molar-refractivity contribution in [1.82, 2.24) is 19.9 Å². The minimum Gasteiger partial charge on any atom is -0.496 e. The van der Waals surface area contributed by atoms with Gasteiger partial charge in [-0.05, 0) is 38.0 Å². The predicted molar refractivity (Wildman–Crippen MR) is 130 cm³/mol. The first-order valence-corrected chi connectivity index (χ1v) is 12.2. The molecule has 0 unspecified atom stereocenters. The molecule has 1 fully saturated rings. The van der Waals surface area contributed by atoms with Crippen molar-refractivity contribution in [1.29, 1.82) is 0 Å². The summed E-state index contributed by atoms with van der Waals surface area (Å²) in [6, 6.07) is 11.7. The Hall–Kier alpha value is -3.52. The summed E-state index contributed by atoms with van der Waals surface area (Å²) in [5.41, 5.74) is 2.73. The average Bonchev–Trinajstić information content (AvgIpc) is 3.51. The van der Waals surface area contributed by atoms with E-state index in [4.69, 9.17) is 9.15 Å². The number of hydrogen-bond donors (Lipinski definition) is 0. The Labute approximate surface area is 202 Å². The highest BCUT2D eigenvalue weighted by atomic mass is 32.1. The molecule has 0 N–H and O–H groups in total. The van der Waals surface area contributed by atoms with Crippen molar-refractivity contribution in [3.05, 3.63) is 82.8 Å². The van der Waals surface area contributed by atoms with Crippen LogP contribution in [0.15, 0.2) is 59.4 Å². The molecule has 1 aromatic carbocycles. The van der Waals surface area contributed by atoms with E-state index in [9.17, 15) is 4.79 Å². The third-order valence-corrected chi connectivity index (χ3v) is 7.28. The van der Waals surface area contributed by atoms with Crippen LogP contribution in [-0.2, 0) is 6.42 Å². The van der Waals surface area contributed by atoms with Crippen molar-refractivity contribution in [2.75, 3.05) is 20.2 Å².